The first-order valence-electron chi connectivity index (χ1n) is 35.3. The third-order valence-corrected chi connectivity index (χ3v) is 15.8. The highest BCUT2D eigenvalue weighted by atomic mass is 16.6. The third-order valence-electron chi connectivity index (χ3n) is 15.8. The fourth-order valence-electron chi connectivity index (χ4n) is 10.5. The average Bonchev–Trinajstić information content (AvgIpc) is 3.46. The van der Waals surface area contributed by atoms with Crippen LogP contribution in [0.5, 0.6) is 0 Å². The molecule has 1 atom stereocenters. The molecule has 0 rings (SSSR count). The van der Waals surface area contributed by atoms with Gasteiger partial charge in [0.1, 0.15) is 13.2 Å². The van der Waals surface area contributed by atoms with Crippen LogP contribution in [0.3, 0.4) is 0 Å². The van der Waals surface area contributed by atoms with Crippen LogP contribution >= 0.6 is 0 Å². The summed E-state index contributed by atoms with van der Waals surface area (Å²) in [5.74, 6) is -0.903. The summed E-state index contributed by atoms with van der Waals surface area (Å²) in [4.78, 5) is 38.4. The van der Waals surface area contributed by atoms with Crippen LogP contribution in [-0.4, -0.2) is 37.2 Å². The van der Waals surface area contributed by atoms with Crippen molar-refractivity contribution >= 4 is 17.9 Å². The maximum absolute atomic E-state index is 13.0. The van der Waals surface area contributed by atoms with Gasteiger partial charge < -0.3 is 14.2 Å². The van der Waals surface area contributed by atoms with Gasteiger partial charge in [0.2, 0.25) is 0 Å². The highest BCUT2D eigenvalue weighted by molar-refractivity contribution is 5.71. The number of rotatable bonds is 65. The Labute approximate surface area is 498 Å². The van der Waals surface area contributed by atoms with E-state index >= 15 is 0 Å². The van der Waals surface area contributed by atoms with E-state index in [-0.39, 0.29) is 31.1 Å². The Morgan fingerprint density at radius 2 is 0.487 bits per heavy atom. The largest absolute Gasteiger partial charge is 0.462 e. The second-order valence-corrected chi connectivity index (χ2v) is 23.8. The summed E-state index contributed by atoms with van der Waals surface area (Å²) in [5, 5.41) is 0. The molecule has 466 valence electrons. The Hall–Kier alpha value is -2.89. The van der Waals surface area contributed by atoms with Crippen molar-refractivity contribution in [2.75, 3.05) is 13.2 Å². The molecule has 0 aliphatic heterocycles. The molecular weight excluding hydrogens is 985 g/mol. The smallest absolute Gasteiger partial charge is 0.306 e. The molecule has 0 radical (unpaired) electrons. The second-order valence-electron chi connectivity index (χ2n) is 23.8. The molecule has 0 bridgehead atoms. The first kappa shape index (κ1) is 77.1. The Bertz CT molecular complexity index is 1430. The van der Waals surface area contributed by atoms with Crippen molar-refractivity contribution in [3.63, 3.8) is 0 Å². The summed E-state index contributed by atoms with van der Waals surface area (Å²) in [5.41, 5.74) is 0. The Morgan fingerprint density at radius 3 is 0.800 bits per heavy atom. The van der Waals surface area contributed by atoms with E-state index in [4.69, 9.17) is 14.2 Å². The van der Waals surface area contributed by atoms with Crippen molar-refractivity contribution in [3.05, 3.63) is 60.8 Å². The number of carbonyl (C=O) groups excluding carboxylic acids is 3. The molecule has 0 N–H and O–H groups in total. The van der Waals surface area contributed by atoms with Gasteiger partial charge in [-0.05, 0) is 83.5 Å². The SMILES string of the molecule is CC/C=C\C/C=C\C/C=C\C/C=C\CCCCC(=O)OCC(COC(=O)CCCCCCCCCCCCCCC/C=C\CCCCCCCCCC)OC(=O)CCCCCCCCCCCCCCCCCCCCCCCC. The lowest BCUT2D eigenvalue weighted by Gasteiger charge is -2.18. The zero-order valence-corrected chi connectivity index (χ0v) is 53.6. The molecule has 0 amide bonds. The van der Waals surface area contributed by atoms with E-state index in [1.807, 2.05) is 0 Å². The lowest BCUT2D eigenvalue weighted by Crippen LogP contribution is -2.30. The Balaban J connectivity index is 4.30. The van der Waals surface area contributed by atoms with Crippen LogP contribution in [-0.2, 0) is 28.6 Å². The number of unbranched alkanes of at least 4 members (excludes halogenated alkanes) is 44. The van der Waals surface area contributed by atoms with E-state index in [1.54, 1.807) is 0 Å². The molecule has 0 spiro atoms. The lowest BCUT2D eigenvalue weighted by atomic mass is 10.0. The van der Waals surface area contributed by atoms with Gasteiger partial charge in [-0.15, -0.1) is 0 Å². The van der Waals surface area contributed by atoms with Gasteiger partial charge in [-0.2, -0.15) is 0 Å². The van der Waals surface area contributed by atoms with Crippen LogP contribution in [0.15, 0.2) is 60.8 Å². The summed E-state index contributed by atoms with van der Waals surface area (Å²) < 4.78 is 17.0. The van der Waals surface area contributed by atoms with Gasteiger partial charge in [0.05, 0.1) is 0 Å². The maximum atomic E-state index is 13.0. The van der Waals surface area contributed by atoms with Gasteiger partial charge in [-0.3, -0.25) is 14.4 Å². The van der Waals surface area contributed by atoms with E-state index in [1.165, 1.54) is 250 Å². The number of hydrogen-bond donors (Lipinski definition) is 0. The number of carbonyl (C=O) groups is 3. The van der Waals surface area contributed by atoms with E-state index in [2.05, 4.69) is 81.5 Å². The quantitative estimate of drug-likeness (QED) is 0.0261. The molecule has 0 fully saturated rings. The lowest BCUT2D eigenvalue weighted by molar-refractivity contribution is -0.167. The molecule has 0 aliphatic carbocycles. The summed E-state index contributed by atoms with van der Waals surface area (Å²) >= 11 is 0. The van der Waals surface area contributed by atoms with Crippen LogP contribution in [0.25, 0.3) is 0 Å². The fourth-order valence-corrected chi connectivity index (χ4v) is 10.5. The topological polar surface area (TPSA) is 78.9 Å². The standard InChI is InChI=1S/C74H134O6/c1-4-7-10-13-16-19-22-25-28-30-32-34-36-37-38-40-41-43-46-49-52-55-58-61-64-67-73(76)79-70-71(69-78-72(75)66-63-60-57-54-51-48-45-27-24-21-18-15-12-9-6-3)80-74(77)68-65-62-59-56-53-50-47-44-42-39-35-33-31-29-26-23-20-17-14-11-8-5-2/h9,12,18,21,27,30,32,45,51,54,71H,4-8,10-11,13-17,19-20,22-26,28-29,31,33-44,46-50,52-53,55-70H2,1-3H3/b12-9-,21-18-,32-30-,45-27-,54-51-. The Morgan fingerprint density at radius 1 is 0.263 bits per heavy atom. The van der Waals surface area contributed by atoms with Crippen LogP contribution in [0.2, 0.25) is 0 Å². The number of esters is 3. The third kappa shape index (κ3) is 65.9. The molecule has 80 heavy (non-hydrogen) atoms. The summed E-state index contributed by atoms with van der Waals surface area (Å²) in [7, 11) is 0. The average molecular weight is 1120 g/mol. The number of allylic oxidation sites excluding steroid dienone is 10. The van der Waals surface area contributed by atoms with E-state index in [0.29, 0.717) is 19.3 Å². The van der Waals surface area contributed by atoms with Gasteiger partial charge in [0.25, 0.3) is 0 Å². The molecule has 0 aliphatic rings. The Kier molecular flexibility index (Phi) is 66.1. The molecule has 0 saturated heterocycles. The van der Waals surface area contributed by atoms with Crippen molar-refractivity contribution in [2.45, 2.75) is 380 Å². The normalized spacial score (nSPS) is 12.4. The van der Waals surface area contributed by atoms with Crippen LogP contribution in [0.4, 0.5) is 0 Å². The molecule has 0 aromatic rings. The van der Waals surface area contributed by atoms with Crippen molar-refractivity contribution in [2.24, 2.45) is 0 Å². The van der Waals surface area contributed by atoms with Crippen molar-refractivity contribution < 1.29 is 28.6 Å². The molecule has 1 unspecified atom stereocenters. The molecule has 0 aromatic heterocycles. The van der Waals surface area contributed by atoms with E-state index < -0.39 is 6.10 Å². The molecule has 6 nitrogen and oxygen atoms in total. The molecule has 0 saturated carbocycles. The summed E-state index contributed by atoms with van der Waals surface area (Å²) in [6.45, 7) is 6.56. The van der Waals surface area contributed by atoms with Crippen LogP contribution in [0.1, 0.15) is 374 Å². The summed E-state index contributed by atoms with van der Waals surface area (Å²) in [6, 6.07) is 0. The molecule has 6 heteroatoms. The van der Waals surface area contributed by atoms with Crippen molar-refractivity contribution in [1.82, 2.24) is 0 Å². The minimum Gasteiger partial charge on any atom is -0.462 e. The first-order chi connectivity index (χ1) is 39.5. The minimum absolute atomic E-state index is 0.0835. The zero-order valence-electron chi connectivity index (χ0n) is 53.6. The van der Waals surface area contributed by atoms with Crippen LogP contribution in [0, 0.1) is 0 Å². The number of hydrogen-bond acceptors (Lipinski definition) is 6. The van der Waals surface area contributed by atoms with Gasteiger partial charge in [-0.1, -0.05) is 332 Å². The number of ether oxygens (including phenoxy) is 3. The summed E-state index contributed by atoms with van der Waals surface area (Å²) in [6.07, 6.45) is 88.3. The molecule has 0 aromatic carbocycles. The van der Waals surface area contributed by atoms with Crippen molar-refractivity contribution in [1.29, 1.82) is 0 Å². The van der Waals surface area contributed by atoms with Gasteiger partial charge in [-0.25, -0.2) is 0 Å². The van der Waals surface area contributed by atoms with Gasteiger partial charge in [0.15, 0.2) is 6.10 Å². The minimum atomic E-state index is -0.791. The predicted molar refractivity (Wildman–Crippen MR) is 348 cm³/mol. The fraction of sp³-hybridized carbons (Fsp3) is 0.824. The second kappa shape index (κ2) is 68.6. The van der Waals surface area contributed by atoms with Gasteiger partial charge in [0, 0.05) is 19.3 Å². The van der Waals surface area contributed by atoms with Crippen LogP contribution < -0.4 is 0 Å². The molecule has 0 heterocycles. The highest BCUT2D eigenvalue weighted by Gasteiger charge is 2.19. The van der Waals surface area contributed by atoms with E-state index in [9.17, 15) is 14.4 Å². The highest BCUT2D eigenvalue weighted by Crippen LogP contribution is 2.18. The zero-order chi connectivity index (χ0) is 57.8. The van der Waals surface area contributed by atoms with Crippen molar-refractivity contribution in [3.8, 4) is 0 Å². The maximum Gasteiger partial charge on any atom is 0.306 e. The monoisotopic (exact) mass is 1120 g/mol. The predicted octanol–water partition coefficient (Wildman–Crippen LogP) is 24.3. The molecular formula is C74H134O6. The first-order valence-corrected chi connectivity index (χ1v) is 35.3. The van der Waals surface area contributed by atoms with E-state index in [0.717, 1.165) is 83.5 Å². The van der Waals surface area contributed by atoms with Gasteiger partial charge >= 0.3 is 17.9 Å².